The molecule has 1 amide bonds. The smallest absolute Gasteiger partial charge is 0.257 e. The van der Waals surface area contributed by atoms with Gasteiger partial charge in [0.1, 0.15) is 0 Å². The van der Waals surface area contributed by atoms with Crippen LogP contribution in [0, 0.1) is 0 Å². The molecule has 2 heterocycles. The predicted molar refractivity (Wildman–Crippen MR) is 81.0 cm³/mol. The molecular formula is C15H20ClN3O. The number of nitrogen functional groups attached to an aromatic ring is 1. The first kappa shape index (κ1) is 13.7. The number of amides is 1. The number of piperazine rings is 1. The van der Waals surface area contributed by atoms with E-state index < -0.39 is 0 Å². The number of anilines is 1. The van der Waals surface area contributed by atoms with Crippen molar-refractivity contribution < 1.29 is 4.79 Å². The topological polar surface area (TPSA) is 49.6 Å². The molecule has 2 fully saturated rings. The minimum Gasteiger partial charge on any atom is -0.398 e. The lowest BCUT2D eigenvalue weighted by Gasteiger charge is -2.42. The van der Waals surface area contributed by atoms with E-state index in [0.29, 0.717) is 22.3 Å². The van der Waals surface area contributed by atoms with Crippen molar-refractivity contribution in [1.82, 2.24) is 9.80 Å². The molecule has 1 aromatic rings. The van der Waals surface area contributed by atoms with Crippen molar-refractivity contribution in [3.63, 3.8) is 0 Å². The van der Waals surface area contributed by atoms with Crippen LogP contribution >= 0.6 is 11.6 Å². The van der Waals surface area contributed by atoms with E-state index in [4.69, 9.17) is 17.3 Å². The monoisotopic (exact) mass is 293 g/mol. The number of hydrogen-bond donors (Lipinski definition) is 1. The minimum atomic E-state index is -0.0350. The maximum atomic E-state index is 12.8. The van der Waals surface area contributed by atoms with Gasteiger partial charge in [-0.05, 0) is 38.4 Å². The molecule has 2 unspecified atom stereocenters. The summed E-state index contributed by atoms with van der Waals surface area (Å²) in [6.07, 6.45) is 2.40. The van der Waals surface area contributed by atoms with Crippen molar-refractivity contribution in [2.45, 2.75) is 31.8 Å². The second-order valence-electron chi connectivity index (χ2n) is 5.80. The quantitative estimate of drug-likeness (QED) is 0.808. The van der Waals surface area contributed by atoms with Crippen molar-refractivity contribution in [2.75, 3.05) is 25.4 Å². The number of carbonyl (C=O) groups is 1. The van der Waals surface area contributed by atoms with Crippen LogP contribution in [-0.2, 0) is 0 Å². The summed E-state index contributed by atoms with van der Waals surface area (Å²) in [4.78, 5) is 17.2. The third-order valence-electron chi connectivity index (χ3n) is 4.46. The lowest BCUT2D eigenvalue weighted by Crippen LogP contribution is -2.56. The Bertz CT molecular complexity index is 514. The Morgan fingerprint density at radius 3 is 2.95 bits per heavy atom. The van der Waals surface area contributed by atoms with Crippen molar-refractivity contribution >= 4 is 23.2 Å². The van der Waals surface area contributed by atoms with E-state index in [1.807, 2.05) is 4.90 Å². The third kappa shape index (κ3) is 2.27. The molecule has 1 aromatic carbocycles. The van der Waals surface area contributed by atoms with Gasteiger partial charge in [-0.25, -0.2) is 0 Å². The first-order chi connectivity index (χ1) is 9.58. The summed E-state index contributed by atoms with van der Waals surface area (Å²) < 4.78 is 0. The summed E-state index contributed by atoms with van der Waals surface area (Å²) in [6, 6.07) is 5.93. The van der Waals surface area contributed by atoms with Crippen LogP contribution in [0.25, 0.3) is 0 Å². The van der Waals surface area contributed by atoms with E-state index in [-0.39, 0.29) is 11.9 Å². The first-order valence-electron chi connectivity index (χ1n) is 7.17. The van der Waals surface area contributed by atoms with Gasteiger partial charge in [0.25, 0.3) is 5.91 Å². The fraction of sp³-hybridized carbons (Fsp3) is 0.533. The van der Waals surface area contributed by atoms with Crippen LogP contribution < -0.4 is 5.73 Å². The Morgan fingerprint density at radius 2 is 2.20 bits per heavy atom. The molecule has 0 aromatic heterocycles. The van der Waals surface area contributed by atoms with Gasteiger partial charge < -0.3 is 10.6 Å². The summed E-state index contributed by atoms with van der Waals surface area (Å²) in [5, 5.41) is 0.441. The molecule has 0 saturated carbocycles. The van der Waals surface area contributed by atoms with Gasteiger partial charge in [0.15, 0.2) is 0 Å². The number of nitrogens with zero attached hydrogens (tertiary/aromatic N) is 2. The molecule has 108 valence electrons. The Balaban J connectivity index is 1.86. The van der Waals surface area contributed by atoms with Gasteiger partial charge >= 0.3 is 0 Å². The van der Waals surface area contributed by atoms with Crippen LogP contribution in [-0.4, -0.2) is 47.4 Å². The minimum absolute atomic E-state index is 0.0350. The Kier molecular flexibility index (Phi) is 3.61. The standard InChI is InChI=1S/C15H20ClN3O/c1-10-8-18-7-3-4-11(18)9-19(10)15(20)14-12(16)5-2-6-13(14)17/h2,5-6,10-11H,3-4,7-9,17H2,1H3. The molecule has 2 N–H and O–H groups in total. The summed E-state index contributed by atoms with van der Waals surface area (Å²) >= 11 is 6.16. The number of fused-ring (bicyclic) bond motifs is 1. The number of nitrogens with two attached hydrogens (primary N) is 1. The molecule has 4 nitrogen and oxygen atoms in total. The van der Waals surface area contributed by atoms with Crippen LogP contribution in [0.1, 0.15) is 30.1 Å². The fourth-order valence-corrected chi connectivity index (χ4v) is 3.64. The van der Waals surface area contributed by atoms with Crippen molar-refractivity contribution in [3.05, 3.63) is 28.8 Å². The predicted octanol–water partition coefficient (Wildman–Crippen LogP) is 2.23. The van der Waals surface area contributed by atoms with Crippen LogP contribution in [0.15, 0.2) is 18.2 Å². The lowest BCUT2D eigenvalue weighted by atomic mass is 10.1. The zero-order chi connectivity index (χ0) is 14.3. The Morgan fingerprint density at radius 1 is 1.40 bits per heavy atom. The summed E-state index contributed by atoms with van der Waals surface area (Å²) in [5.74, 6) is -0.0350. The average Bonchev–Trinajstić information content (AvgIpc) is 2.84. The molecule has 2 aliphatic rings. The SMILES string of the molecule is CC1CN2CCCC2CN1C(=O)c1c(N)cccc1Cl. The molecule has 2 saturated heterocycles. The maximum Gasteiger partial charge on any atom is 0.257 e. The van der Waals surface area contributed by atoms with Gasteiger partial charge in [0.05, 0.1) is 10.6 Å². The van der Waals surface area contributed by atoms with Crippen LogP contribution in [0.5, 0.6) is 0 Å². The second-order valence-corrected chi connectivity index (χ2v) is 6.21. The van der Waals surface area contributed by atoms with E-state index in [1.54, 1.807) is 18.2 Å². The summed E-state index contributed by atoms with van der Waals surface area (Å²) in [6.45, 7) is 4.98. The van der Waals surface area contributed by atoms with Crippen molar-refractivity contribution in [2.24, 2.45) is 0 Å². The number of hydrogen-bond acceptors (Lipinski definition) is 3. The first-order valence-corrected chi connectivity index (χ1v) is 7.54. The highest BCUT2D eigenvalue weighted by Crippen LogP contribution is 2.29. The summed E-state index contributed by atoms with van der Waals surface area (Å²) in [7, 11) is 0. The average molecular weight is 294 g/mol. The van der Waals surface area contributed by atoms with Crippen molar-refractivity contribution in [3.8, 4) is 0 Å². The zero-order valence-electron chi connectivity index (χ0n) is 11.7. The van der Waals surface area contributed by atoms with Gasteiger partial charge in [-0.1, -0.05) is 17.7 Å². The van der Waals surface area contributed by atoms with Gasteiger partial charge in [-0.15, -0.1) is 0 Å². The number of rotatable bonds is 1. The molecule has 0 aliphatic carbocycles. The molecule has 20 heavy (non-hydrogen) atoms. The molecular weight excluding hydrogens is 274 g/mol. The lowest BCUT2D eigenvalue weighted by molar-refractivity contribution is 0.0396. The number of carbonyl (C=O) groups excluding carboxylic acids is 1. The van der Waals surface area contributed by atoms with Crippen LogP contribution in [0.4, 0.5) is 5.69 Å². The summed E-state index contributed by atoms with van der Waals surface area (Å²) in [5.41, 5.74) is 6.85. The normalized spacial score (nSPS) is 26.6. The number of benzene rings is 1. The molecule has 2 atom stereocenters. The van der Waals surface area contributed by atoms with E-state index in [9.17, 15) is 4.79 Å². The molecule has 5 heteroatoms. The Labute approximate surface area is 124 Å². The maximum absolute atomic E-state index is 12.8. The largest absolute Gasteiger partial charge is 0.398 e. The molecule has 3 rings (SSSR count). The molecule has 0 spiro atoms. The van der Waals surface area contributed by atoms with Gasteiger partial charge in [0, 0.05) is 30.9 Å². The van der Waals surface area contributed by atoms with E-state index in [2.05, 4.69) is 11.8 Å². The molecule has 0 bridgehead atoms. The third-order valence-corrected chi connectivity index (χ3v) is 4.77. The van der Waals surface area contributed by atoms with Crippen LogP contribution in [0.2, 0.25) is 5.02 Å². The van der Waals surface area contributed by atoms with Crippen LogP contribution in [0.3, 0.4) is 0 Å². The highest BCUT2D eigenvalue weighted by molar-refractivity contribution is 6.34. The van der Waals surface area contributed by atoms with Gasteiger partial charge in [0.2, 0.25) is 0 Å². The second kappa shape index (κ2) is 5.26. The van der Waals surface area contributed by atoms with E-state index in [0.717, 1.165) is 19.6 Å². The Hall–Kier alpha value is -1.26. The van der Waals surface area contributed by atoms with Crippen molar-refractivity contribution in [1.29, 1.82) is 0 Å². The van der Waals surface area contributed by atoms with Gasteiger partial charge in [-0.2, -0.15) is 0 Å². The van der Waals surface area contributed by atoms with E-state index >= 15 is 0 Å². The highest BCUT2D eigenvalue weighted by Gasteiger charge is 2.37. The number of halogens is 1. The molecule has 0 radical (unpaired) electrons. The van der Waals surface area contributed by atoms with E-state index in [1.165, 1.54) is 12.8 Å². The van der Waals surface area contributed by atoms with Gasteiger partial charge in [-0.3, -0.25) is 9.69 Å². The fourth-order valence-electron chi connectivity index (χ4n) is 3.38. The zero-order valence-corrected chi connectivity index (χ0v) is 12.4. The highest BCUT2D eigenvalue weighted by atomic mass is 35.5. The molecule has 2 aliphatic heterocycles.